The Kier molecular flexibility index (Phi) is 1.96. The van der Waals surface area contributed by atoms with E-state index in [0.29, 0.717) is 0 Å². The highest BCUT2D eigenvalue weighted by molar-refractivity contribution is 7.13. The van der Waals surface area contributed by atoms with Gasteiger partial charge >= 0.3 is 5.97 Å². The summed E-state index contributed by atoms with van der Waals surface area (Å²) in [6.07, 6.45) is 3.41. The third-order valence-electron chi connectivity index (χ3n) is 2.30. The first-order valence-electron chi connectivity index (χ1n) is 4.22. The predicted molar refractivity (Wildman–Crippen MR) is 53.0 cm³/mol. The average Bonchev–Trinajstić information content (AvgIpc) is 2.59. The van der Waals surface area contributed by atoms with Gasteiger partial charge in [0.2, 0.25) is 0 Å². The van der Waals surface area contributed by atoms with E-state index in [9.17, 15) is 4.79 Å². The monoisotopic (exact) mass is 194 g/mol. The van der Waals surface area contributed by atoms with Crippen molar-refractivity contribution >= 4 is 22.9 Å². The van der Waals surface area contributed by atoms with E-state index in [4.69, 9.17) is 5.11 Å². The fraction of sp³-hybridized carbons (Fsp3) is 0.300. The van der Waals surface area contributed by atoms with Crippen LogP contribution in [0.15, 0.2) is 12.6 Å². The van der Waals surface area contributed by atoms with Crippen molar-refractivity contribution in [2.45, 2.75) is 19.3 Å². The lowest BCUT2D eigenvalue weighted by Gasteiger charge is -1.94. The van der Waals surface area contributed by atoms with Gasteiger partial charge in [0, 0.05) is 9.75 Å². The molecule has 3 heteroatoms. The lowest BCUT2D eigenvalue weighted by atomic mass is 10.2. The molecule has 0 bridgehead atoms. The molecule has 1 heterocycles. The standard InChI is InChI=1S/C10H10O2S/c1-6(10(11)12)9-5-7-3-2-4-8(7)13-9/h5H,1-4H2,(H,11,12). The number of hydrogen-bond acceptors (Lipinski definition) is 2. The van der Waals surface area contributed by atoms with Crippen LogP contribution in [0.3, 0.4) is 0 Å². The molecule has 68 valence electrons. The molecule has 0 aromatic carbocycles. The highest BCUT2D eigenvalue weighted by atomic mass is 32.1. The number of thiophene rings is 1. The fourth-order valence-electron chi connectivity index (χ4n) is 1.58. The minimum Gasteiger partial charge on any atom is -0.478 e. The number of carboxylic acid groups (broad SMARTS) is 1. The van der Waals surface area contributed by atoms with E-state index >= 15 is 0 Å². The molecule has 2 nitrogen and oxygen atoms in total. The van der Waals surface area contributed by atoms with E-state index in [1.54, 1.807) is 11.3 Å². The van der Waals surface area contributed by atoms with E-state index < -0.39 is 5.97 Å². The molecule has 2 rings (SSSR count). The average molecular weight is 194 g/mol. The number of carboxylic acids is 1. The number of rotatable bonds is 2. The van der Waals surface area contributed by atoms with Gasteiger partial charge in [-0.3, -0.25) is 0 Å². The van der Waals surface area contributed by atoms with Gasteiger partial charge in [0.1, 0.15) is 0 Å². The van der Waals surface area contributed by atoms with Gasteiger partial charge < -0.3 is 5.11 Å². The Labute approximate surface area is 80.5 Å². The van der Waals surface area contributed by atoms with Crippen LogP contribution < -0.4 is 0 Å². The van der Waals surface area contributed by atoms with Gasteiger partial charge in [0.05, 0.1) is 5.57 Å². The number of carbonyl (C=O) groups is 1. The lowest BCUT2D eigenvalue weighted by Crippen LogP contribution is -1.95. The molecule has 0 unspecified atom stereocenters. The normalized spacial score (nSPS) is 14.2. The van der Waals surface area contributed by atoms with Crippen molar-refractivity contribution < 1.29 is 9.90 Å². The Hall–Kier alpha value is -1.09. The van der Waals surface area contributed by atoms with Crippen LogP contribution in [-0.4, -0.2) is 11.1 Å². The second-order valence-electron chi connectivity index (χ2n) is 3.20. The van der Waals surface area contributed by atoms with Crippen molar-refractivity contribution in [1.82, 2.24) is 0 Å². The van der Waals surface area contributed by atoms with Crippen LogP contribution in [0, 0.1) is 0 Å². The van der Waals surface area contributed by atoms with Gasteiger partial charge in [-0.05, 0) is 30.9 Å². The van der Waals surface area contributed by atoms with E-state index in [1.807, 2.05) is 6.07 Å². The first-order valence-corrected chi connectivity index (χ1v) is 5.04. The van der Waals surface area contributed by atoms with Crippen LogP contribution in [0.5, 0.6) is 0 Å². The summed E-state index contributed by atoms with van der Waals surface area (Å²) in [5, 5.41) is 8.73. The zero-order valence-electron chi connectivity index (χ0n) is 7.17. The second kappa shape index (κ2) is 3.00. The van der Waals surface area contributed by atoms with Gasteiger partial charge in [-0.25, -0.2) is 4.79 Å². The third kappa shape index (κ3) is 1.40. The molecule has 1 aliphatic rings. The number of hydrogen-bond donors (Lipinski definition) is 1. The van der Waals surface area contributed by atoms with E-state index in [-0.39, 0.29) is 5.57 Å². The lowest BCUT2D eigenvalue weighted by molar-refractivity contribution is -0.130. The van der Waals surface area contributed by atoms with Gasteiger partial charge in [0.15, 0.2) is 0 Å². The predicted octanol–water partition coefficient (Wildman–Crippen LogP) is 2.33. The molecule has 0 amide bonds. The summed E-state index contributed by atoms with van der Waals surface area (Å²) in [5.74, 6) is -0.917. The number of aryl methyl sites for hydroxylation is 2. The van der Waals surface area contributed by atoms with Gasteiger partial charge in [-0.15, -0.1) is 11.3 Å². The van der Waals surface area contributed by atoms with Gasteiger partial charge in [0.25, 0.3) is 0 Å². The minimum atomic E-state index is -0.917. The maximum absolute atomic E-state index is 10.6. The molecule has 1 N–H and O–H groups in total. The highest BCUT2D eigenvalue weighted by Gasteiger charge is 2.18. The summed E-state index contributed by atoms with van der Waals surface area (Å²) in [6, 6.07) is 1.98. The van der Waals surface area contributed by atoms with E-state index in [1.165, 1.54) is 16.9 Å². The van der Waals surface area contributed by atoms with Crippen molar-refractivity contribution in [3.8, 4) is 0 Å². The molecule has 0 saturated heterocycles. The van der Waals surface area contributed by atoms with E-state index in [0.717, 1.165) is 17.7 Å². The summed E-state index contributed by atoms with van der Waals surface area (Å²) in [4.78, 5) is 12.8. The van der Waals surface area contributed by atoms with Crippen molar-refractivity contribution in [2.24, 2.45) is 0 Å². The third-order valence-corrected chi connectivity index (χ3v) is 3.60. The van der Waals surface area contributed by atoms with Crippen LogP contribution in [0.1, 0.15) is 21.7 Å². The summed E-state index contributed by atoms with van der Waals surface area (Å²) in [5.41, 5.74) is 1.54. The molecule has 0 aliphatic heterocycles. The molecule has 0 radical (unpaired) electrons. The maximum atomic E-state index is 10.6. The molecule has 0 spiro atoms. The largest absolute Gasteiger partial charge is 0.478 e. The summed E-state index contributed by atoms with van der Waals surface area (Å²) < 4.78 is 0. The Bertz CT molecular complexity index is 355. The molecule has 0 fully saturated rings. The SMILES string of the molecule is C=C(C(=O)O)c1cc2c(s1)CCC2. The number of aliphatic carboxylic acids is 1. The molecule has 0 atom stereocenters. The summed E-state index contributed by atoms with van der Waals surface area (Å²) >= 11 is 1.58. The van der Waals surface area contributed by atoms with Crippen LogP contribution >= 0.6 is 11.3 Å². The minimum absolute atomic E-state index is 0.222. The summed E-state index contributed by atoms with van der Waals surface area (Å²) in [6.45, 7) is 3.55. The van der Waals surface area contributed by atoms with Gasteiger partial charge in [-0.2, -0.15) is 0 Å². The maximum Gasteiger partial charge on any atom is 0.336 e. The molecule has 13 heavy (non-hydrogen) atoms. The first kappa shape index (κ1) is 8.51. The molecular weight excluding hydrogens is 184 g/mol. The van der Waals surface area contributed by atoms with Crippen LogP contribution in [0.25, 0.3) is 5.57 Å². The number of fused-ring (bicyclic) bond motifs is 1. The van der Waals surface area contributed by atoms with Crippen molar-refractivity contribution in [3.63, 3.8) is 0 Å². The molecule has 1 aromatic heterocycles. The Balaban J connectivity index is 2.33. The molecular formula is C10H10O2S. The first-order chi connectivity index (χ1) is 6.18. The smallest absolute Gasteiger partial charge is 0.336 e. The van der Waals surface area contributed by atoms with Crippen LogP contribution in [0.4, 0.5) is 0 Å². The van der Waals surface area contributed by atoms with Crippen LogP contribution in [0.2, 0.25) is 0 Å². The molecule has 0 saturated carbocycles. The Morgan fingerprint density at radius 2 is 2.31 bits per heavy atom. The zero-order chi connectivity index (χ0) is 9.42. The van der Waals surface area contributed by atoms with Crippen LogP contribution in [-0.2, 0) is 17.6 Å². The van der Waals surface area contributed by atoms with Crippen molar-refractivity contribution in [1.29, 1.82) is 0 Å². The Morgan fingerprint density at radius 1 is 1.54 bits per heavy atom. The Morgan fingerprint density at radius 3 is 2.92 bits per heavy atom. The summed E-state index contributed by atoms with van der Waals surface area (Å²) in [7, 11) is 0. The molecule has 1 aromatic rings. The quantitative estimate of drug-likeness (QED) is 0.734. The van der Waals surface area contributed by atoms with E-state index in [2.05, 4.69) is 6.58 Å². The topological polar surface area (TPSA) is 37.3 Å². The zero-order valence-corrected chi connectivity index (χ0v) is 7.99. The molecule has 1 aliphatic carbocycles. The highest BCUT2D eigenvalue weighted by Crippen LogP contribution is 2.33. The van der Waals surface area contributed by atoms with Crippen molar-refractivity contribution in [3.05, 3.63) is 28.0 Å². The van der Waals surface area contributed by atoms with Crippen molar-refractivity contribution in [2.75, 3.05) is 0 Å². The van der Waals surface area contributed by atoms with Gasteiger partial charge in [-0.1, -0.05) is 6.58 Å². The second-order valence-corrected chi connectivity index (χ2v) is 4.33. The fourth-order valence-corrected chi connectivity index (χ4v) is 2.80.